The Bertz CT molecular complexity index is 325. The highest BCUT2D eigenvalue weighted by atomic mass is 32.2. The number of carbonyl (C=O) groups is 1. The van der Waals surface area contributed by atoms with Gasteiger partial charge in [-0.3, -0.25) is 0 Å². The van der Waals surface area contributed by atoms with Gasteiger partial charge in [-0.2, -0.15) is 11.8 Å². The molecule has 4 heteroatoms. The van der Waals surface area contributed by atoms with Crippen molar-refractivity contribution in [2.45, 2.75) is 5.75 Å². The summed E-state index contributed by atoms with van der Waals surface area (Å²) in [6.07, 6.45) is 1.84. The van der Waals surface area contributed by atoms with Gasteiger partial charge >= 0.3 is 5.97 Å². The Morgan fingerprint density at radius 2 is 2.31 bits per heavy atom. The van der Waals surface area contributed by atoms with E-state index in [1.54, 1.807) is 12.1 Å². The minimum atomic E-state index is -1.22. The van der Waals surface area contributed by atoms with E-state index in [1.807, 2.05) is 6.26 Å². The molecule has 70 valence electrons. The average Bonchev–Trinajstić information content (AvgIpc) is 2.08. The molecular weight excluding hydrogens is 191 g/mol. The Morgan fingerprint density at radius 1 is 1.62 bits per heavy atom. The van der Waals surface area contributed by atoms with Crippen molar-refractivity contribution in [1.82, 2.24) is 0 Å². The fraction of sp³-hybridized carbons (Fsp3) is 0.222. The molecule has 0 atom stereocenters. The standard InChI is InChI=1S/C9H9FO2S/c1-13-5-6-3-2-4-7(8(6)10)9(11)12/h2-4H,5H2,1H3,(H,11,12). The number of hydrogen-bond acceptors (Lipinski definition) is 2. The van der Waals surface area contributed by atoms with Crippen LogP contribution in [0.2, 0.25) is 0 Å². The van der Waals surface area contributed by atoms with E-state index in [1.165, 1.54) is 17.8 Å². The molecule has 13 heavy (non-hydrogen) atoms. The van der Waals surface area contributed by atoms with Crippen LogP contribution >= 0.6 is 11.8 Å². The quantitative estimate of drug-likeness (QED) is 0.814. The molecule has 0 unspecified atom stereocenters. The van der Waals surface area contributed by atoms with Gasteiger partial charge in [0.15, 0.2) is 0 Å². The zero-order valence-electron chi connectivity index (χ0n) is 7.08. The van der Waals surface area contributed by atoms with Gasteiger partial charge in [-0.1, -0.05) is 12.1 Å². The molecule has 0 aliphatic carbocycles. The molecule has 0 heterocycles. The number of aromatic carboxylic acids is 1. The predicted molar refractivity (Wildman–Crippen MR) is 50.6 cm³/mol. The number of carboxylic acids is 1. The topological polar surface area (TPSA) is 37.3 Å². The van der Waals surface area contributed by atoms with E-state index in [0.717, 1.165) is 0 Å². The van der Waals surface area contributed by atoms with E-state index in [2.05, 4.69) is 0 Å². The van der Waals surface area contributed by atoms with Gasteiger partial charge in [-0.25, -0.2) is 9.18 Å². The molecule has 0 aromatic heterocycles. The smallest absolute Gasteiger partial charge is 0.338 e. The highest BCUT2D eigenvalue weighted by Crippen LogP contribution is 2.17. The Kier molecular flexibility index (Phi) is 3.31. The maximum absolute atomic E-state index is 13.3. The summed E-state index contributed by atoms with van der Waals surface area (Å²) in [5.41, 5.74) is 0.180. The first-order chi connectivity index (χ1) is 6.16. The number of thioether (sulfide) groups is 1. The zero-order chi connectivity index (χ0) is 9.84. The molecule has 0 amide bonds. The third kappa shape index (κ3) is 2.21. The summed E-state index contributed by atoms with van der Waals surface area (Å²) in [6, 6.07) is 4.41. The fourth-order valence-electron chi connectivity index (χ4n) is 1.01. The van der Waals surface area contributed by atoms with E-state index < -0.39 is 11.8 Å². The van der Waals surface area contributed by atoms with Crippen LogP contribution in [-0.4, -0.2) is 17.3 Å². The van der Waals surface area contributed by atoms with Gasteiger partial charge in [0.25, 0.3) is 0 Å². The lowest BCUT2D eigenvalue weighted by Crippen LogP contribution is -2.02. The zero-order valence-corrected chi connectivity index (χ0v) is 7.90. The van der Waals surface area contributed by atoms with E-state index in [0.29, 0.717) is 11.3 Å². The van der Waals surface area contributed by atoms with Crippen molar-refractivity contribution in [3.05, 3.63) is 35.1 Å². The largest absolute Gasteiger partial charge is 0.478 e. The second-order valence-electron chi connectivity index (χ2n) is 2.52. The first-order valence-corrected chi connectivity index (χ1v) is 5.06. The van der Waals surface area contributed by atoms with Crippen molar-refractivity contribution in [1.29, 1.82) is 0 Å². The number of hydrogen-bond donors (Lipinski definition) is 1. The molecule has 0 saturated heterocycles. The molecule has 0 saturated carbocycles. The molecular formula is C9H9FO2S. The second-order valence-corrected chi connectivity index (χ2v) is 3.38. The SMILES string of the molecule is CSCc1cccc(C(=O)O)c1F. The molecule has 2 nitrogen and oxygen atoms in total. The minimum Gasteiger partial charge on any atom is -0.478 e. The van der Waals surface area contributed by atoms with E-state index in [4.69, 9.17) is 5.11 Å². The van der Waals surface area contributed by atoms with Crippen molar-refractivity contribution in [2.24, 2.45) is 0 Å². The van der Waals surface area contributed by atoms with Crippen molar-refractivity contribution in [3.8, 4) is 0 Å². The van der Waals surface area contributed by atoms with Gasteiger partial charge in [0.1, 0.15) is 5.82 Å². The number of carboxylic acid groups (broad SMARTS) is 1. The third-order valence-corrected chi connectivity index (χ3v) is 2.21. The molecule has 0 spiro atoms. The van der Waals surface area contributed by atoms with Crippen LogP contribution in [0.1, 0.15) is 15.9 Å². The molecule has 1 rings (SSSR count). The van der Waals surface area contributed by atoms with Gasteiger partial charge in [-0.05, 0) is 17.9 Å². The highest BCUT2D eigenvalue weighted by Gasteiger charge is 2.12. The molecule has 0 aliphatic rings. The number of halogens is 1. The van der Waals surface area contributed by atoms with Crippen LogP contribution in [0.5, 0.6) is 0 Å². The predicted octanol–water partition coefficient (Wildman–Crippen LogP) is 2.39. The molecule has 1 aromatic rings. The average molecular weight is 200 g/mol. The van der Waals surface area contributed by atoms with Crippen LogP contribution in [0.25, 0.3) is 0 Å². The summed E-state index contributed by atoms with van der Waals surface area (Å²) < 4.78 is 13.3. The highest BCUT2D eigenvalue weighted by molar-refractivity contribution is 7.97. The lowest BCUT2D eigenvalue weighted by Gasteiger charge is -2.02. The molecule has 1 aromatic carbocycles. The third-order valence-electron chi connectivity index (χ3n) is 1.61. The first kappa shape index (κ1) is 10.1. The van der Waals surface area contributed by atoms with Crippen LogP contribution < -0.4 is 0 Å². The maximum Gasteiger partial charge on any atom is 0.338 e. The van der Waals surface area contributed by atoms with E-state index in [-0.39, 0.29) is 5.56 Å². The molecule has 0 radical (unpaired) electrons. The van der Waals surface area contributed by atoms with Gasteiger partial charge < -0.3 is 5.11 Å². The van der Waals surface area contributed by atoms with Crippen LogP contribution in [0, 0.1) is 5.82 Å². The fourth-order valence-corrected chi connectivity index (χ4v) is 1.55. The molecule has 0 aliphatic heterocycles. The van der Waals surface area contributed by atoms with E-state index in [9.17, 15) is 9.18 Å². The second kappa shape index (κ2) is 4.28. The summed E-state index contributed by atoms with van der Waals surface area (Å²) in [4.78, 5) is 10.5. The monoisotopic (exact) mass is 200 g/mol. The minimum absolute atomic E-state index is 0.258. The lowest BCUT2D eigenvalue weighted by molar-refractivity contribution is 0.0691. The van der Waals surface area contributed by atoms with Gasteiger partial charge in [-0.15, -0.1) is 0 Å². The van der Waals surface area contributed by atoms with Crippen molar-refractivity contribution in [2.75, 3.05) is 6.26 Å². The lowest BCUT2D eigenvalue weighted by atomic mass is 10.1. The molecule has 0 bridgehead atoms. The van der Waals surface area contributed by atoms with Crippen LogP contribution in [-0.2, 0) is 5.75 Å². The maximum atomic E-state index is 13.3. The van der Waals surface area contributed by atoms with Crippen molar-refractivity contribution in [3.63, 3.8) is 0 Å². The Labute approximate surface area is 79.8 Å². The van der Waals surface area contributed by atoms with Crippen molar-refractivity contribution >= 4 is 17.7 Å². The van der Waals surface area contributed by atoms with E-state index >= 15 is 0 Å². The first-order valence-electron chi connectivity index (χ1n) is 3.66. The van der Waals surface area contributed by atoms with Gasteiger partial charge in [0, 0.05) is 5.75 Å². The summed E-state index contributed by atoms with van der Waals surface area (Å²) in [5.74, 6) is -1.35. The summed E-state index contributed by atoms with van der Waals surface area (Å²) in [7, 11) is 0. The molecule has 0 fully saturated rings. The summed E-state index contributed by atoms with van der Waals surface area (Å²) in [6.45, 7) is 0. The number of benzene rings is 1. The van der Waals surface area contributed by atoms with Crippen LogP contribution in [0.3, 0.4) is 0 Å². The van der Waals surface area contributed by atoms with Gasteiger partial charge in [0.2, 0.25) is 0 Å². The molecule has 1 N–H and O–H groups in total. The summed E-state index contributed by atoms with van der Waals surface area (Å²) >= 11 is 1.46. The van der Waals surface area contributed by atoms with Crippen LogP contribution in [0.15, 0.2) is 18.2 Å². The van der Waals surface area contributed by atoms with Crippen molar-refractivity contribution < 1.29 is 14.3 Å². The summed E-state index contributed by atoms with van der Waals surface area (Å²) in [5, 5.41) is 8.61. The van der Waals surface area contributed by atoms with Gasteiger partial charge in [0.05, 0.1) is 5.56 Å². The normalized spacial score (nSPS) is 10.0. The Hall–Kier alpha value is -1.03. The Balaban J connectivity index is 3.10. The van der Waals surface area contributed by atoms with Crippen LogP contribution in [0.4, 0.5) is 4.39 Å². The Morgan fingerprint density at radius 3 is 2.85 bits per heavy atom. The number of rotatable bonds is 3.